The summed E-state index contributed by atoms with van der Waals surface area (Å²) in [4.78, 5) is 12.6. The van der Waals surface area contributed by atoms with E-state index >= 15 is 0 Å². The smallest absolute Gasteiger partial charge is 0.255 e. The molecule has 0 saturated heterocycles. The molecule has 0 aliphatic carbocycles. The van der Waals surface area contributed by atoms with Gasteiger partial charge in [0.25, 0.3) is 5.91 Å². The van der Waals surface area contributed by atoms with Crippen LogP contribution < -0.4 is 10.6 Å². The maximum atomic E-state index is 12.6. The van der Waals surface area contributed by atoms with Crippen LogP contribution in [-0.2, 0) is 0 Å². The number of rotatable bonds is 6. The summed E-state index contributed by atoms with van der Waals surface area (Å²) in [6.45, 7) is 0. The summed E-state index contributed by atoms with van der Waals surface area (Å²) < 4.78 is 3.12. The Morgan fingerprint density at radius 3 is 2.47 bits per heavy atom. The molecule has 0 aliphatic heterocycles. The van der Waals surface area contributed by atoms with Crippen molar-refractivity contribution in [2.45, 2.75) is 0 Å². The molecule has 2 N–H and O–H groups in total. The highest BCUT2D eigenvalue weighted by molar-refractivity contribution is 6.04. The molecule has 1 amide bonds. The number of benzene rings is 2. The average Bonchev–Trinajstić information content (AvgIpc) is 3.56. The molecular weight excluding hydrogens is 408 g/mol. The fourth-order valence-electron chi connectivity index (χ4n) is 2.98. The highest BCUT2D eigenvalue weighted by Gasteiger charge is 2.09. The molecule has 2 aromatic carbocycles. The molecule has 32 heavy (non-hydrogen) atoms. The van der Waals surface area contributed by atoms with Crippen LogP contribution in [0.4, 0.5) is 17.2 Å². The Labute approximate surface area is 181 Å². The van der Waals surface area contributed by atoms with Gasteiger partial charge >= 0.3 is 0 Å². The Hall–Kier alpha value is -4.93. The first-order valence-corrected chi connectivity index (χ1v) is 9.60. The third-order valence-electron chi connectivity index (χ3n) is 4.53. The third kappa shape index (κ3) is 4.16. The van der Waals surface area contributed by atoms with Crippen LogP contribution in [-0.4, -0.2) is 46.1 Å². The Morgan fingerprint density at radius 1 is 0.875 bits per heavy atom. The number of anilines is 3. The lowest BCUT2D eigenvalue weighted by Crippen LogP contribution is -2.12. The number of aromatic nitrogens is 8. The molecular formula is C21H16N10O. The highest BCUT2D eigenvalue weighted by atomic mass is 16.1. The van der Waals surface area contributed by atoms with Gasteiger partial charge in [0.15, 0.2) is 11.6 Å². The zero-order valence-electron chi connectivity index (χ0n) is 16.6. The molecule has 5 rings (SSSR count). The molecule has 0 unspecified atom stereocenters. The Kier molecular flexibility index (Phi) is 5.02. The van der Waals surface area contributed by atoms with E-state index in [4.69, 9.17) is 0 Å². The van der Waals surface area contributed by atoms with Crippen molar-refractivity contribution in [2.75, 3.05) is 10.6 Å². The van der Waals surface area contributed by atoms with E-state index in [1.54, 1.807) is 47.4 Å². The molecule has 0 fully saturated rings. The summed E-state index contributed by atoms with van der Waals surface area (Å²) in [6.07, 6.45) is 4.95. The highest BCUT2D eigenvalue weighted by Crippen LogP contribution is 2.19. The minimum Gasteiger partial charge on any atom is -0.339 e. The first-order valence-electron chi connectivity index (χ1n) is 9.60. The fraction of sp³-hybridized carbons (Fsp3) is 0. The lowest BCUT2D eigenvalue weighted by molar-refractivity contribution is 0.102. The van der Waals surface area contributed by atoms with Gasteiger partial charge in [-0.15, -0.1) is 15.3 Å². The largest absolute Gasteiger partial charge is 0.339 e. The molecule has 0 atom stereocenters. The van der Waals surface area contributed by atoms with Crippen molar-refractivity contribution in [2.24, 2.45) is 0 Å². The van der Waals surface area contributed by atoms with Crippen LogP contribution in [0.3, 0.4) is 0 Å². The third-order valence-corrected chi connectivity index (χ3v) is 4.53. The number of hydrogen-bond acceptors (Lipinski definition) is 8. The number of nitrogens with zero attached hydrogens (tertiary/aromatic N) is 8. The minimum atomic E-state index is -0.235. The van der Waals surface area contributed by atoms with E-state index in [1.807, 2.05) is 36.4 Å². The van der Waals surface area contributed by atoms with Crippen molar-refractivity contribution in [3.8, 4) is 11.5 Å². The van der Waals surface area contributed by atoms with E-state index in [9.17, 15) is 4.79 Å². The van der Waals surface area contributed by atoms with Gasteiger partial charge in [-0.2, -0.15) is 5.10 Å². The molecule has 0 radical (unpaired) electrons. The summed E-state index contributed by atoms with van der Waals surface area (Å²) in [6, 6.07) is 19.8. The summed E-state index contributed by atoms with van der Waals surface area (Å²) in [5.41, 5.74) is 2.66. The van der Waals surface area contributed by atoms with Gasteiger partial charge in [0, 0.05) is 29.3 Å². The molecule has 5 aromatic rings. The van der Waals surface area contributed by atoms with Gasteiger partial charge < -0.3 is 10.6 Å². The predicted octanol–water partition coefficient (Wildman–Crippen LogP) is 2.63. The van der Waals surface area contributed by atoms with Crippen LogP contribution in [0.25, 0.3) is 11.5 Å². The van der Waals surface area contributed by atoms with E-state index in [-0.39, 0.29) is 5.91 Å². The topological polar surface area (TPSA) is 128 Å². The second-order valence-electron chi connectivity index (χ2n) is 6.69. The van der Waals surface area contributed by atoms with Crippen molar-refractivity contribution >= 4 is 23.1 Å². The quantitative estimate of drug-likeness (QED) is 0.426. The summed E-state index contributed by atoms with van der Waals surface area (Å²) in [5, 5.41) is 29.5. The lowest BCUT2D eigenvalue weighted by Gasteiger charge is -2.09. The Morgan fingerprint density at radius 2 is 1.75 bits per heavy atom. The van der Waals surface area contributed by atoms with Crippen molar-refractivity contribution < 1.29 is 4.79 Å². The van der Waals surface area contributed by atoms with E-state index in [0.717, 1.165) is 5.69 Å². The van der Waals surface area contributed by atoms with Crippen LogP contribution in [0.15, 0.2) is 85.5 Å². The number of nitrogens with one attached hydrogen (secondary N) is 2. The Bertz CT molecular complexity index is 1310. The van der Waals surface area contributed by atoms with Gasteiger partial charge in [0.05, 0.1) is 5.69 Å². The Balaban J connectivity index is 1.23. The predicted molar refractivity (Wildman–Crippen MR) is 116 cm³/mol. The zero-order chi connectivity index (χ0) is 21.8. The van der Waals surface area contributed by atoms with Crippen LogP contribution in [0.2, 0.25) is 0 Å². The normalized spacial score (nSPS) is 10.6. The maximum Gasteiger partial charge on any atom is 0.255 e. The SMILES string of the molecule is O=C(Nc1ccc(Nc2ccc(-n3cccn3)nn2)cc1)c1cccc(-n2cnnn2)c1. The molecule has 3 aromatic heterocycles. The second-order valence-corrected chi connectivity index (χ2v) is 6.69. The van der Waals surface area contributed by atoms with Crippen LogP contribution >= 0.6 is 0 Å². The molecule has 156 valence electrons. The van der Waals surface area contributed by atoms with Crippen LogP contribution in [0, 0.1) is 0 Å². The van der Waals surface area contributed by atoms with Gasteiger partial charge in [-0.05, 0) is 71.1 Å². The molecule has 11 nitrogen and oxygen atoms in total. The summed E-state index contributed by atoms with van der Waals surface area (Å²) in [7, 11) is 0. The van der Waals surface area contributed by atoms with Gasteiger partial charge in [0.2, 0.25) is 0 Å². The van der Waals surface area contributed by atoms with E-state index < -0.39 is 0 Å². The van der Waals surface area contributed by atoms with E-state index in [1.165, 1.54) is 11.0 Å². The lowest BCUT2D eigenvalue weighted by atomic mass is 10.2. The number of carbonyl (C=O) groups is 1. The van der Waals surface area contributed by atoms with Crippen molar-refractivity contribution in [1.29, 1.82) is 0 Å². The average molecular weight is 424 g/mol. The molecule has 11 heteroatoms. The number of hydrogen-bond donors (Lipinski definition) is 2. The molecule has 0 spiro atoms. The number of amides is 1. The summed E-state index contributed by atoms with van der Waals surface area (Å²) in [5.74, 6) is 0.987. The van der Waals surface area contributed by atoms with Gasteiger partial charge in [-0.1, -0.05) is 6.07 Å². The van der Waals surface area contributed by atoms with E-state index in [2.05, 4.69) is 41.5 Å². The monoisotopic (exact) mass is 424 g/mol. The maximum absolute atomic E-state index is 12.6. The standard InChI is InChI=1S/C21H16N10O/c32-21(15-3-1-4-18(13-15)31-14-22-28-29-31)25-17-7-5-16(6-8-17)24-19-9-10-20(27-26-19)30-12-2-11-23-30/h1-14H,(H,24,26)(H,25,32). The molecule has 3 heterocycles. The van der Waals surface area contributed by atoms with Crippen molar-refractivity contribution in [3.05, 3.63) is 91.0 Å². The van der Waals surface area contributed by atoms with Crippen molar-refractivity contribution in [1.82, 2.24) is 40.2 Å². The fourth-order valence-corrected chi connectivity index (χ4v) is 2.98. The molecule has 0 bridgehead atoms. The van der Waals surface area contributed by atoms with E-state index in [0.29, 0.717) is 28.6 Å². The second kappa shape index (κ2) is 8.44. The minimum absolute atomic E-state index is 0.235. The van der Waals surface area contributed by atoms with Gasteiger partial charge in [0.1, 0.15) is 6.33 Å². The summed E-state index contributed by atoms with van der Waals surface area (Å²) >= 11 is 0. The molecule has 0 aliphatic rings. The van der Waals surface area contributed by atoms with Crippen LogP contribution in [0.5, 0.6) is 0 Å². The first-order chi connectivity index (χ1) is 15.7. The van der Waals surface area contributed by atoms with Gasteiger partial charge in [-0.3, -0.25) is 4.79 Å². The molecule has 0 saturated carbocycles. The number of tetrazole rings is 1. The number of carbonyl (C=O) groups excluding carboxylic acids is 1. The first kappa shape index (κ1) is 19.1. The van der Waals surface area contributed by atoms with Gasteiger partial charge in [-0.25, -0.2) is 9.36 Å². The van der Waals surface area contributed by atoms with Crippen molar-refractivity contribution in [3.63, 3.8) is 0 Å². The van der Waals surface area contributed by atoms with Crippen LogP contribution in [0.1, 0.15) is 10.4 Å². The zero-order valence-corrected chi connectivity index (χ0v) is 16.6.